The lowest BCUT2D eigenvalue weighted by molar-refractivity contribution is -0.129. The van der Waals surface area contributed by atoms with Crippen molar-refractivity contribution >= 4 is 33.5 Å². The van der Waals surface area contributed by atoms with Crippen molar-refractivity contribution < 1.29 is 27.5 Å². The molecule has 0 bridgehead atoms. The van der Waals surface area contributed by atoms with Crippen LogP contribution in [0, 0.1) is 0 Å². The summed E-state index contributed by atoms with van der Waals surface area (Å²) in [6, 6.07) is 4.00. The number of morpholine rings is 1. The van der Waals surface area contributed by atoms with Crippen molar-refractivity contribution in [1.29, 1.82) is 0 Å². The van der Waals surface area contributed by atoms with E-state index >= 15 is 0 Å². The lowest BCUT2D eigenvalue weighted by atomic mass is 10.2. The molecular weight excluding hydrogens is 396 g/mol. The Morgan fingerprint density at radius 2 is 1.96 bits per heavy atom. The Kier molecular flexibility index (Phi) is 6.05. The molecule has 0 unspecified atom stereocenters. The summed E-state index contributed by atoms with van der Waals surface area (Å²) in [5.74, 6) is -1.24. The van der Waals surface area contributed by atoms with Crippen molar-refractivity contribution in [1.82, 2.24) is 9.62 Å². The molecule has 0 spiro atoms. The Morgan fingerprint density at radius 1 is 1.30 bits per heavy atom. The first kappa shape index (κ1) is 20.1. The molecule has 0 radical (unpaired) electrons. The SMILES string of the molecule is C[C@H](OC(=O)c1cc(S(=O)(=O)N2CCOCC2)ccc1Cl)C(=O)NC1CC1. The number of hydrogen-bond acceptors (Lipinski definition) is 6. The number of rotatable bonds is 6. The summed E-state index contributed by atoms with van der Waals surface area (Å²) in [7, 11) is -3.78. The molecule has 27 heavy (non-hydrogen) atoms. The number of halogens is 1. The number of nitrogens with one attached hydrogen (secondary N) is 1. The van der Waals surface area contributed by atoms with Gasteiger partial charge in [-0.15, -0.1) is 0 Å². The van der Waals surface area contributed by atoms with E-state index in [9.17, 15) is 18.0 Å². The lowest BCUT2D eigenvalue weighted by Gasteiger charge is -2.26. The molecular formula is C17H21ClN2O6S. The van der Waals surface area contributed by atoms with Gasteiger partial charge in [-0.2, -0.15) is 4.31 Å². The molecule has 1 atom stereocenters. The standard InChI is InChI=1S/C17H21ClN2O6S/c1-11(16(21)19-12-2-3-12)26-17(22)14-10-13(4-5-15(14)18)27(23,24)20-6-8-25-9-7-20/h4-5,10-12H,2-3,6-9H2,1H3,(H,19,21)/t11-/m0/s1. The van der Waals surface area contributed by atoms with Crippen molar-refractivity contribution in [2.75, 3.05) is 26.3 Å². The maximum Gasteiger partial charge on any atom is 0.340 e. The minimum atomic E-state index is -3.78. The van der Waals surface area contributed by atoms with Gasteiger partial charge in [0.15, 0.2) is 6.10 Å². The van der Waals surface area contributed by atoms with Crippen LogP contribution >= 0.6 is 11.6 Å². The number of benzene rings is 1. The van der Waals surface area contributed by atoms with Gasteiger partial charge in [-0.1, -0.05) is 11.6 Å². The third-order valence-corrected chi connectivity index (χ3v) is 6.57. The van der Waals surface area contributed by atoms with E-state index in [1.807, 2.05) is 0 Å². The monoisotopic (exact) mass is 416 g/mol. The molecule has 2 fully saturated rings. The minimum absolute atomic E-state index is 0.0516. The second-order valence-corrected chi connectivity index (χ2v) is 8.83. The zero-order valence-electron chi connectivity index (χ0n) is 14.8. The maximum atomic E-state index is 12.7. The number of sulfonamides is 1. The van der Waals surface area contributed by atoms with Gasteiger partial charge in [-0.3, -0.25) is 4.79 Å². The van der Waals surface area contributed by atoms with E-state index in [2.05, 4.69) is 5.32 Å². The summed E-state index contributed by atoms with van der Waals surface area (Å²) in [6.45, 7) is 2.56. The van der Waals surface area contributed by atoms with Crippen molar-refractivity contribution in [3.8, 4) is 0 Å². The topological polar surface area (TPSA) is 102 Å². The summed E-state index contributed by atoms with van der Waals surface area (Å²) in [5, 5.41) is 2.79. The molecule has 2 aliphatic rings. The fraction of sp³-hybridized carbons (Fsp3) is 0.529. The van der Waals surface area contributed by atoms with Crippen LogP contribution in [0.1, 0.15) is 30.1 Å². The predicted octanol–water partition coefficient (Wildman–Crippen LogP) is 1.18. The molecule has 1 aliphatic carbocycles. The second kappa shape index (κ2) is 8.14. The zero-order valence-corrected chi connectivity index (χ0v) is 16.4. The first-order chi connectivity index (χ1) is 12.8. The zero-order chi connectivity index (χ0) is 19.6. The Balaban J connectivity index is 1.75. The van der Waals surface area contributed by atoms with Gasteiger partial charge in [0.2, 0.25) is 10.0 Å². The van der Waals surface area contributed by atoms with E-state index < -0.39 is 22.1 Å². The highest BCUT2D eigenvalue weighted by atomic mass is 35.5. The Morgan fingerprint density at radius 3 is 2.59 bits per heavy atom. The fourth-order valence-electron chi connectivity index (χ4n) is 2.58. The average Bonchev–Trinajstić information content (AvgIpc) is 3.46. The average molecular weight is 417 g/mol. The number of esters is 1. The van der Waals surface area contributed by atoms with Gasteiger partial charge < -0.3 is 14.8 Å². The number of carbonyl (C=O) groups is 2. The molecule has 3 rings (SSSR count). The molecule has 1 aromatic carbocycles. The van der Waals surface area contributed by atoms with E-state index in [0.29, 0.717) is 13.2 Å². The summed E-state index contributed by atoms with van der Waals surface area (Å²) >= 11 is 6.05. The molecule has 1 saturated heterocycles. The normalized spacial score (nSPS) is 19.3. The third kappa shape index (κ3) is 4.78. The van der Waals surface area contributed by atoms with E-state index in [4.69, 9.17) is 21.1 Å². The van der Waals surface area contributed by atoms with Crippen LogP contribution < -0.4 is 5.32 Å². The van der Waals surface area contributed by atoms with Crippen LogP contribution in [0.25, 0.3) is 0 Å². The minimum Gasteiger partial charge on any atom is -0.449 e. The number of nitrogens with zero attached hydrogens (tertiary/aromatic N) is 1. The van der Waals surface area contributed by atoms with Crippen LogP contribution in [0.2, 0.25) is 5.02 Å². The maximum absolute atomic E-state index is 12.7. The number of ether oxygens (including phenoxy) is 2. The van der Waals surface area contributed by atoms with Crippen LogP contribution in [-0.2, 0) is 24.3 Å². The van der Waals surface area contributed by atoms with Crippen molar-refractivity contribution in [3.05, 3.63) is 28.8 Å². The van der Waals surface area contributed by atoms with Crippen LogP contribution in [-0.4, -0.2) is 63.0 Å². The predicted molar refractivity (Wildman–Crippen MR) is 97.1 cm³/mol. The molecule has 0 aromatic heterocycles. The van der Waals surface area contributed by atoms with Gasteiger partial charge in [0.25, 0.3) is 5.91 Å². The van der Waals surface area contributed by atoms with Crippen molar-refractivity contribution in [2.45, 2.75) is 36.8 Å². The molecule has 1 amide bonds. The van der Waals surface area contributed by atoms with Gasteiger partial charge in [-0.05, 0) is 38.0 Å². The first-order valence-corrected chi connectivity index (χ1v) is 10.5. The van der Waals surface area contributed by atoms with Gasteiger partial charge in [-0.25, -0.2) is 13.2 Å². The van der Waals surface area contributed by atoms with Crippen LogP contribution in [0.5, 0.6) is 0 Å². The van der Waals surface area contributed by atoms with E-state index in [1.165, 1.54) is 29.4 Å². The van der Waals surface area contributed by atoms with Gasteiger partial charge in [0, 0.05) is 19.1 Å². The number of hydrogen-bond donors (Lipinski definition) is 1. The molecule has 10 heteroatoms. The molecule has 148 valence electrons. The summed E-state index contributed by atoms with van der Waals surface area (Å²) in [6.07, 6.45) is 0.827. The van der Waals surface area contributed by atoms with E-state index in [-0.39, 0.29) is 40.5 Å². The van der Waals surface area contributed by atoms with Gasteiger partial charge in [0.05, 0.1) is 28.7 Å². The highest BCUT2D eigenvalue weighted by molar-refractivity contribution is 7.89. The quantitative estimate of drug-likeness (QED) is 0.699. The Hall–Kier alpha value is -1.68. The van der Waals surface area contributed by atoms with Gasteiger partial charge >= 0.3 is 5.97 Å². The highest BCUT2D eigenvalue weighted by Crippen LogP contribution is 2.25. The van der Waals surface area contributed by atoms with Crippen LogP contribution in [0.3, 0.4) is 0 Å². The fourth-order valence-corrected chi connectivity index (χ4v) is 4.21. The molecule has 1 heterocycles. The van der Waals surface area contributed by atoms with Gasteiger partial charge in [0.1, 0.15) is 0 Å². The first-order valence-electron chi connectivity index (χ1n) is 8.68. The highest BCUT2D eigenvalue weighted by Gasteiger charge is 2.30. The van der Waals surface area contributed by atoms with Crippen molar-refractivity contribution in [2.24, 2.45) is 0 Å². The smallest absolute Gasteiger partial charge is 0.340 e. The van der Waals surface area contributed by atoms with Crippen LogP contribution in [0.4, 0.5) is 0 Å². The molecule has 1 aliphatic heterocycles. The number of amides is 1. The number of carbonyl (C=O) groups excluding carboxylic acids is 2. The molecule has 1 aromatic rings. The van der Waals surface area contributed by atoms with Crippen LogP contribution in [0.15, 0.2) is 23.1 Å². The van der Waals surface area contributed by atoms with E-state index in [0.717, 1.165) is 12.8 Å². The summed E-state index contributed by atoms with van der Waals surface area (Å²) < 4.78 is 37.1. The molecule has 8 nitrogen and oxygen atoms in total. The Labute approximate surface area is 162 Å². The lowest BCUT2D eigenvalue weighted by Crippen LogP contribution is -2.40. The largest absolute Gasteiger partial charge is 0.449 e. The third-order valence-electron chi connectivity index (χ3n) is 4.34. The molecule has 1 N–H and O–H groups in total. The summed E-state index contributed by atoms with van der Waals surface area (Å²) in [5.41, 5.74) is -0.0999. The summed E-state index contributed by atoms with van der Waals surface area (Å²) in [4.78, 5) is 24.3. The molecule has 1 saturated carbocycles. The second-order valence-electron chi connectivity index (χ2n) is 6.49. The van der Waals surface area contributed by atoms with Crippen molar-refractivity contribution in [3.63, 3.8) is 0 Å². The Bertz CT molecular complexity index is 834. The van der Waals surface area contributed by atoms with E-state index in [1.54, 1.807) is 0 Å².